The Morgan fingerprint density at radius 1 is 1.30 bits per heavy atom. The molecule has 0 atom stereocenters. The van der Waals surface area contributed by atoms with Crippen LogP contribution in [0.5, 0.6) is 0 Å². The molecule has 20 heavy (non-hydrogen) atoms. The van der Waals surface area contributed by atoms with Gasteiger partial charge in [-0.25, -0.2) is 9.37 Å². The second-order valence-electron chi connectivity index (χ2n) is 4.19. The molecular formula is C14H8BrFN4. The van der Waals surface area contributed by atoms with E-state index >= 15 is 0 Å². The molecule has 0 unspecified atom stereocenters. The first-order chi connectivity index (χ1) is 9.61. The van der Waals surface area contributed by atoms with Gasteiger partial charge in [-0.05, 0) is 34.1 Å². The Bertz CT molecular complexity index is 863. The maximum absolute atomic E-state index is 13.5. The molecule has 0 spiro atoms. The predicted octanol–water partition coefficient (Wildman–Crippen LogP) is 3.38. The van der Waals surface area contributed by atoms with Crippen LogP contribution in [0.3, 0.4) is 0 Å². The third kappa shape index (κ3) is 1.84. The maximum Gasteiger partial charge on any atom is 0.205 e. The van der Waals surface area contributed by atoms with Crippen molar-refractivity contribution in [3.05, 3.63) is 52.3 Å². The van der Waals surface area contributed by atoms with E-state index in [1.807, 2.05) is 0 Å². The van der Waals surface area contributed by atoms with Crippen LogP contribution < -0.4 is 5.73 Å². The number of nitrogen functional groups attached to an aromatic ring is 1. The Hall–Kier alpha value is -2.39. The lowest BCUT2D eigenvalue weighted by Gasteiger charge is -2.08. The molecule has 0 saturated carbocycles. The molecule has 1 heterocycles. The van der Waals surface area contributed by atoms with Crippen LogP contribution >= 0.6 is 15.9 Å². The zero-order chi connectivity index (χ0) is 14.3. The van der Waals surface area contributed by atoms with E-state index in [0.29, 0.717) is 26.8 Å². The van der Waals surface area contributed by atoms with Gasteiger partial charge in [-0.1, -0.05) is 12.1 Å². The molecule has 0 saturated heterocycles. The number of hydrogen-bond donors (Lipinski definition) is 1. The van der Waals surface area contributed by atoms with Gasteiger partial charge in [-0.2, -0.15) is 5.26 Å². The molecule has 0 aliphatic rings. The molecule has 0 amide bonds. The molecular weight excluding hydrogens is 323 g/mol. The van der Waals surface area contributed by atoms with E-state index in [1.54, 1.807) is 34.9 Å². The third-order valence-corrected chi connectivity index (χ3v) is 3.60. The quantitative estimate of drug-likeness (QED) is 0.743. The number of nitrogens with zero attached hydrogens (tertiary/aromatic N) is 3. The van der Waals surface area contributed by atoms with Gasteiger partial charge in [0, 0.05) is 6.07 Å². The summed E-state index contributed by atoms with van der Waals surface area (Å²) in [6.45, 7) is 0. The highest BCUT2D eigenvalue weighted by Gasteiger charge is 2.15. The number of imidazole rings is 1. The van der Waals surface area contributed by atoms with Crippen molar-refractivity contribution in [1.29, 1.82) is 5.26 Å². The van der Waals surface area contributed by atoms with Crippen LogP contribution in [0, 0.1) is 17.1 Å². The minimum absolute atomic E-state index is 0.209. The smallest absolute Gasteiger partial charge is 0.205 e. The van der Waals surface area contributed by atoms with Crippen LogP contribution in [-0.4, -0.2) is 9.55 Å². The second-order valence-corrected chi connectivity index (χ2v) is 5.04. The molecule has 98 valence electrons. The van der Waals surface area contributed by atoms with Crippen molar-refractivity contribution >= 4 is 32.9 Å². The summed E-state index contributed by atoms with van der Waals surface area (Å²) in [4.78, 5) is 4.14. The molecule has 0 fully saturated rings. The summed E-state index contributed by atoms with van der Waals surface area (Å²) in [5.41, 5.74) is 8.08. The van der Waals surface area contributed by atoms with E-state index in [0.717, 1.165) is 0 Å². The normalized spacial score (nSPS) is 10.7. The Morgan fingerprint density at radius 2 is 2.05 bits per heavy atom. The fraction of sp³-hybridized carbons (Fsp3) is 0. The number of anilines is 1. The summed E-state index contributed by atoms with van der Waals surface area (Å²) < 4.78 is 15.5. The second kappa shape index (κ2) is 4.62. The lowest BCUT2D eigenvalue weighted by molar-refractivity contribution is 0.623. The lowest BCUT2D eigenvalue weighted by atomic mass is 10.2. The summed E-state index contributed by atoms with van der Waals surface area (Å²) in [5, 5.41) is 9.19. The van der Waals surface area contributed by atoms with E-state index in [4.69, 9.17) is 5.73 Å². The minimum Gasteiger partial charge on any atom is -0.369 e. The first kappa shape index (κ1) is 12.6. The fourth-order valence-corrected chi connectivity index (χ4v) is 2.44. The van der Waals surface area contributed by atoms with Crippen molar-refractivity contribution in [2.24, 2.45) is 0 Å². The summed E-state index contributed by atoms with van der Waals surface area (Å²) in [6, 6.07) is 12.1. The highest BCUT2D eigenvalue weighted by Crippen LogP contribution is 2.29. The van der Waals surface area contributed by atoms with E-state index in [9.17, 15) is 9.65 Å². The van der Waals surface area contributed by atoms with E-state index in [2.05, 4.69) is 27.0 Å². The van der Waals surface area contributed by atoms with Gasteiger partial charge in [0.2, 0.25) is 5.95 Å². The monoisotopic (exact) mass is 330 g/mol. The summed E-state index contributed by atoms with van der Waals surface area (Å²) in [7, 11) is 0. The first-order valence-corrected chi connectivity index (χ1v) is 6.53. The predicted molar refractivity (Wildman–Crippen MR) is 77.9 cm³/mol. The number of nitriles is 1. The zero-order valence-electron chi connectivity index (χ0n) is 10.1. The number of hydrogen-bond acceptors (Lipinski definition) is 3. The molecule has 3 rings (SSSR count). The Balaban J connectivity index is 2.40. The van der Waals surface area contributed by atoms with Gasteiger partial charge >= 0.3 is 0 Å². The summed E-state index contributed by atoms with van der Waals surface area (Å²) in [6.07, 6.45) is 0. The van der Waals surface area contributed by atoms with Gasteiger partial charge in [0.25, 0.3) is 0 Å². The van der Waals surface area contributed by atoms with Crippen molar-refractivity contribution in [1.82, 2.24) is 9.55 Å². The first-order valence-electron chi connectivity index (χ1n) is 5.74. The van der Waals surface area contributed by atoms with E-state index < -0.39 is 5.82 Å². The molecule has 0 aliphatic carbocycles. The molecule has 3 aromatic rings. The number of fused-ring (bicyclic) bond motifs is 1. The van der Waals surface area contributed by atoms with Gasteiger partial charge < -0.3 is 5.73 Å². The molecule has 1 aromatic heterocycles. The molecule has 0 aliphatic heterocycles. The number of benzene rings is 2. The Kier molecular flexibility index (Phi) is 2.92. The number of nitrogens with two attached hydrogens (primary N) is 1. The van der Waals surface area contributed by atoms with Crippen LogP contribution in [-0.2, 0) is 0 Å². The van der Waals surface area contributed by atoms with Crippen LogP contribution in [0.4, 0.5) is 10.3 Å². The molecule has 6 heteroatoms. The van der Waals surface area contributed by atoms with Crippen LogP contribution in [0.2, 0.25) is 0 Å². The Morgan fingerprint density at radius 3 is 2.80 bits per heavy atom. The van der Waals surface area contributed by atoms with E-state index in [1.165, 1.54) is 6.07 Å². The van der Waals surface area contributed by atoms with Gasteiger partial charge in [0.15, 0.2) is 0 Å². The summed E-state index contributed by atoms with van der Waals surface area (Å²) in [5.74, 6) is -0.198. The van der Waals surface area contributed by atoms with Gasteiger partial charge in [-0.3, -0.25) is 4.57 Å². The van der Waals surface area contributed by atoms with E-state index in [-0.39, 0.29) is 5.95 Å². The van der Waals surface area contributed by atoms with Crippen molar-refractivity contribution in [2.45, 2.75) is 0 Å². The maximum atomic E-state index is 13.5. The minimum atomic E-state index is -0.407. The van der Waals surface area contributed by atoms with Gasteiger partial charge in [0.1, 0.15) is 11.9 Å². The lowest BCUT2D eigenvalue weighted by Crippen LogP contribution is -2.02. The SMILES string of the molecule is N#Cc1ccccc1-n1c(N)nc2cc(F)c(Br)cc21. The fourth-order valence-electron chi connectivity index (χ4n) is 2.11. The average molecular weight is 331 g/mol. The van der Waals surface area contributed by atoms with Crippen molar-refractivity contribution in [3.63, 3.8) is 0 Å². The molecule has 4 nitrogen and oxygen atoms in total. The molecule has 2 N–H and O–H groups in total. The van der Waals surface area contributed by atoms with Crippen LogP contribution in [0.15, 0.2) is 40.9 Å². The number of rotatable bonds is 1. The highest BCUT2D eigenvalue weighted by molar-refractivity contribution is 9.10. The molecule has 0 bridgehead atoms. The summed E-state index contributed by atoms with van der Waals surface area (Å²) >= 11 is 3.15. The average Bonchev–Trinajstić information content (AvgIpc) is 2.74. The Labute approximate surface area is 122 Å². The highest BCUT2D eigenvalue weighted by atomic mass is 79.9. The topological polar surface area (TPSA) is 67.6 Å². The van der Waals surface area contributed by atoms with Crippen molar-refractivity contribution in [2.75, 3.05) is 5.73 Å². The molecule has 0 radical (unpaired) electrons. The van der Waals surface area contributed by atoms with Crippen LogP contribution in [0.25, 0.3) is 16.7 Å². The zero-order valence-corrected chi connectivity index (χ0v) is 11.7. The third-order valence-electron chi connectivity index (χ3n) is 2.99. The van der Waals surface area contributed by atoms with Crippen molar-refractivity contribution in [3.8, 4) is 11.8 Å². The number of halogens is 2. The van der Waals surface area contributed by atoms with Crippen molar-refractivity contribution < 1.29 is 4.39 Å². The van der Waals surface area contributed by atoms with Gasteiger partial charge in [0.05, 0.1) is 26.8 Å². The van der Waals surface area contributed by atoms with Gasteiger partial charge in [-0.15, -0.1) is 0 Å². The number of aromatic nitrogens is 2. The van der Waals surface area contributed by atoms with Crippen LogP contribution in [0.1, 0.15) is 5.56 Å². The molecule has 2 aromatic carbocycles. The number of para-hydroxylation sites is 1. The standard InChI is InChI=1S/C14H8BrFN4/c15-9-5-13-11(6-10(9)16)19-14(18)20(13)12-4-2-1-3-8(12)7-17/h1-6H,(H2,18,19). The largest absolute Gasteiger partial charge is 0.369 e.